The fourth-order valence-electron chi connectivity index (χ4n) is 1.47. The Hall–Kier alpha value is -2.09. The fraction of sp³-hybridized carbons (Fsp3) is 0.0833. The van der Waals surface area contributed by atoms with Crippen molar-refractivity contribution in [1.82, 2.24) is 0 Å². The van der Waals surface area contributed by atoms with Gasteiger partial charge < -0.3 is 11.1 Å². The number of aryl methyl sites for hydroxylation is 1. The average molecular weight is 304 g/mol. The lowest BCUT2D eigenvalue weighted by Gasteiger charge is -2.07. The summed E-state index contributed by atoms with van der Waals surface area (Å²) in [5.74, 6) is -7.43. The number of thiophene rings is 1. The summed E-state index contributed by atoms with van der Waals surface area (Å²) in [5, 5.41) is 1.80. The van der Waals surface area contributed by atoms with E-state index in [-0.39, 0.29) is 10.9 Å². The van der Waals surface area contributed by atoms with Crippen LogP contribution in [0.15, 0.2) is 12.1 Å². The van der Waals surface area contributed by atoms with Crippen molar-refractivity contribution < 1.29 is 22.4 Å². The molecule has 0 bridgehead atoms. The Morgan fingerprint density at radius 2 is 1.70 bits per heavy atom. The number of halogens is 4. The van der Waals surface area contributed by atoms with Crippen LogP contribution < -0.4 is 11.1 Å². The van der Waals surface area contributed by atoms with Crippen molar-refractivity contribution in [2.45, 2.75) is 6.92 Å². The Kier molecular flexibility index (Phi) is 3.67. The minimum absolute atomic E-state index is 0.0631. The molecule has 1 aromatic heterocycles. The summed E-state index contributed by atoms with van der Waals surface area (Å²) in [7, 11) is 0. The molecule has 106 valence electrons. The second kappa shape index (κ2) is 5.12. The molecule has 0 saturated carbocycles. The van der Waals surface area contributed by atoms with Gasteiger partial charge in [-0.2, -0.15) is 0 Å². The molecule has 0 aliphatic rings. The molecule has 0 aliphatic heterocycles. The van der Waals surface area contributed by atoms with Crippen molar-refractivity contribution in [1.29, 1.82) is 0 Å². The Morgan fingerprint density at radius 3 is 2.15 bits per heavy atom. The van der Waals surface area contributed by atoms with Gasteiger partial charge in [-0.15, -0.1) is 11.3 Å². The minimum Gasteiger partial charge on any atom is -0.398 e. The molecule has 0 fully saturated rings. The van der Waals surface area contributed by atoms with Crippen molar-refractivity contribution in [2.24, 2.45) is 0 Å². The largest absolute Gasteiger partial charge is 0.398 e. The van der Waals surface area contributed by atoms with E-state index in [1.165, 1.54) is 6.07 Å². The highest BCUT2D eigenvalue weighted by molar-refractivity contribution is 7.14. The van der Waals surface area contributed by atoms with Gasteiger partial charge in [0.1, 0.15) is 5.69 Å². The van der Waals surface area contributed by atoms with E-state index in [0.29, 0.717) is 10.6 Å². The van der Waals surface area contributed by atoms with Crippen LogP contribution in [0.3, 0.4) is 0 Å². The molecule has 1 aromatic carbocycles. The maximum absolute atomic E-state index is 13.4. The van der Waals surface area contributed by atoms with Crippen LogP contribution in [-0.2, 0) is 0 Å². The van der Waals surface area contributed by atoms with Gasteiger partial charge in [-0.1, -0.05) is 0 Å². The molecule has 8 heteroatoms. The maximum Gasteiger partial charge on any atom is 0.265 e. The third-order valence-electron chi connectivity index (χ3n) is 2.53. The quantitative estimate of drug-likeness (QED) is 0.659. The van der Waals surface area contributed by atoms with E-state index in [1.807, 2.05) is 0 Å². The number of nitrogens with one attached hydrogen (secondary N) is 1. The number of amides is 1. The monoisotopic (exact) mass is 304 g/mol. The predicted octanol–water partition coefficient (Wildman–Crippen LogP) is 3.45. The molecule has 1 heterocycles. The number of nitrogen functional groups attached to an aromatic ring is 1. The maximum atomic E-state index is 13.4. The van der Waals surface area contributed by atoms with Gasteiger partial charge in [-0.25, -0.2) is 17.6 Å². The predicted molar refractivity (Wildman–Crippen MR) is 67.7 cm³/mol. The zero-order valence-corrected chi connectivity index (χ0v) is 10.9. The number of nitrogens with two attached hydrogens (primary N) is 1. The Morgan fingerprint density at radius 1 is 1.15 bits per heavy atom. The van der Waals surface area contributed by atoms with Crippen molar-refractivity contribution in [3.8, 4) is 0 Å². The highest BCUT2D eigenvalue weighted by Crippen LogP contribution is 2.27. The Bertz CT molecular complexity index is 654. The molecule has 0 saturated heterocycles. The van der Waals surface area contributed by atoms with Gasteiger partial charge >= 0.3 is 0 Å². The lowest BCUT2D eigenvalue weighted by Crippen LogP contribution is -2.14. The first-order valence-corrected chi connectivity index (χ1v) is 6.13. The van der Waals surface area contributed by atoms with E-state index < -0.39 is 34.9 Å². The summed E-state index contributed by atoms with van der Waals surface area (Å²) >= 11 is 0.992. The SMILES string of the molecule is Cc1sc(C(=O)Nc2c(F)c(F)cc(F)c2F)cc1N. The van der Waals surface area contributed by atoms with Gasteiger partial charge in [-0.3, -0.25) is 4.79 Å². The Labute approximate surface area is 115 Å². The van der Waals surface area contributed by atoms with Crippen LogP contribution in [0, 0.1) is 30.2 Å². The summed E-state index contributed by atoms with van der Waals surface area (Å²) in [6.07, 6.45) is 0. The van der Waals surface area contributed by atoms with E-state index in [1.54, 1.807) is 12.2 Å². The summed E-state index contributed by atoms with van der Waals surface area (Å²) in [6.45, 7) is 1.65. The van der Waals surface area contributed by atoms with Crippen molar-refractivity contribution in [2.75, 3.05) is 11.1 Å². The topological polar surface area (TPSA) is 55.1 Å². The van der Waals surface area contributed by atoms with E-state index in [9.17, 15) is 22.4 Å². The molecule has 0 atom stereocenters. The van der Waals surface area contributed by atoms with E-state index in [2.05, 4.69) is 0 Å². The summed E-state index contributed by atoms with van der Waals surface area (Å²) in [4.78, 5) is 12.5. The molecular formula is C12H8F4N2OS. The molecule has 1 amide bonds. The third kappa shape index (κ3) is 2.46. The van der Waals surface area contributed by atoms with Gasteiger partial charge in [0.25, 0.3) is 5.91 Å². The lowest BCUT2D eigenvalue weighted by atomic mass is 10.2. The molecule has 0 radical (unpaired) electrons. The first kappa shape index (κ1) is 14.3. The van der Waals surface area contributed by atoms with E-state index in [0.717, 1.165) is 11.3 Å². The van der Waals surface area contributed by atoms with Crippen LogP contribution in [0.5, 0.6) is 0 Å². The third-order valence-corrected chi connectivity index (χ3v) is 3.60. The number of carbonyl (C=O) groups is 1. The molecule has 20 heavy (non-hydrogen) atoms. The summed E-state index contributed by atoms with van der Waals surface area (Å²) < 4.78 is 52.8. The summed E-state index contributed by atoms with van der Waals surface area (Å²) in [5.41, 5.74) is 4.71. The number of carbonyl (C=O) groups excluding carboxylic acids is 1. The zero-order chi connectivity index (χ0) is 15.0. The Balaban J connectivity index is 2.37. The van der Waals surface area contributed by atoms with Crippen LogP contribution in [0.1, 0.15) is 14.5 Å². The molecule has 2 rings (SSSR count). The zero-order valence-electron chi connectivity index (χ0n) is 10.1. The molecule has 0 unspecified atom stereocenters. The highest BCUT2D eigenvalue weighted by atomic mass is 32.1. The molecule has 0 spiro atoms. The van der Waals surface area contributed by atoms with E-state index >= 15 is 0 Å². The minimum atomic E-state index is -1.67. The van der Waals surface area contributed by atoms with Crippen LogP contribution in [0.2, 0.25) is 0 Å². The van der Waals surface area contributed by atoms with Gasteiger partial charge in [0.15, 0.2) is 23.3 Å². The van der Waals surface area contributed by atoms with Gasteiger partial charge in [0.2, 0.25) is 0 Å². The van der Waals surface area contributed by atoms with E-state index in [4.69, 9.17) is 5.73 Å². The van der Waals surface area contributed by atoms with Crippen LogP contribution in [-0.4, -0.2) is 5.91 Å². The molecular weight excluding hydrogens is 296 g/mol. The second-order valence-electron chi connectivity index (χ2n) is 3.92. The molecule has 3 nitrogen and oxygen atoms in total. The molecule has 0 aliphatic carbocycles. The fourth-order valence-corrected chi connectivity index (χ4v) is 2.30. The molecule has 3 N–H and O–H groups in total. The summed E-state index contributed by atoms with van der Waals surface area (Å²) in [6, 6.07) is 1.37. The van der Waals surface area contributed by atoms with Gasteiger partial charge in [0, 0.05) is 16.6 Å². The van der Waals surface area contributed by atoms with Crippen LogP contribution in [0.25, 0.3) is 0 Å². The van der Waals surface area contributed by atoms with Crippen LogP contribution in [0.4, 0.5) is 28.9 Å². The first-order chi connectivity index (χ1) is 9.31. The van der Waals surface area contributed by atoms with Crippen molar-refractivity contribution >= 4 is 28.6 Å². The standard InChI is InChI=1S/C12H8F4N2OS/c1-4-7(17)3-8(20-4)12(19)18-11-9(15)5(13)2-6(14)10(11)16/h2-3H,17H2,1H3,(H,18,19). The average Bonchev–Trinajstić information content (AvgIpc) is 2.72. The molecule has 2 aromatic rings. The number of hydrogen-bond donors (Lipinski definition) is 2. The van der Waals surface area contributed by atoms with Crippen molar-refractivity contribution in [3.05, 3.63) is 45.2 Å². The first-order valence-electron chi connectivity index (χ1n) is 5.31. The normalized spacial score (nSPS) is 10.7. The number of hydrogen-bond acceptors (Lipinski definition) is 3. The smallest absolute Gasteiger partial charge is 0.265 e. The number of anilines is 2. The number of benzene rings is 1. The second-order valence-corrected chi connectivity index (χ2v) is 5.18. The van der Waals surface area contributed by atoms with Crippen LogP contribution >= 0.6 is 11.3 Å². The lowest BCUT2D eigenvalue weighted by molar-refractivity contribution is 0.102. The van der Waals surface area contributed by atoms with Gasteiger partial charge in [-0.05, 0) is 13.0 Å². The highest BCUT2D eigenvalue weighted by Gasteiger charge is 2.22. The van der Waals surface area contributed by atoms with Crippen molar-refractivity contribution in [3.63, 3.8) is 0 Å². The van der Waals surface area contributed by atoms with Gasteiger partial charge in [0.05, 0.1) is 4.88 Å². The number of rotatable bonds is 2.